The number of aryl methyl sites for hydroxylation is 1. The maximum Gasteiger partial charge on any atom is 0.271 e. The van der Waals surface area contributed by atoms with E-state index in [2.05, 4.69) is 20.3 Å². The van der Waals surface area contributed by atoms with Crippen molar-refractivity contribution < 1.29 is 9.21 Å². The molecule has 1 atom stereocenters. The van der Waals surface area contributed by atoms with Gasteiger partial charge in [0.25, 0.3) is 11.5 Å². The third-order valence-corrected chi connectivity index (χ3v) is 8.36. The van der Waals surface area contributed by atoms with Gasteiger partial charge in [-0.15, -0.1) is 0 Å². The van der Waals surface area contributed by atoms with Crippen LogP contribution in [0.25, 0.3) is 6.08 Å². The number of carbonyl (C=O) groups excluding carboxylic acids is 1. The van der Waals surface area contributed by atoms with Crippen molar-refractivity contribution in [3.63, 3.8) is 0 Å². The summed E-state index contributed by atoms with van der Waals surface area (Å²) in [6.07, 6.45) is 3.38. The third-order valence-electron chi connectivity index (χ3n) is 6.32. The summed E-state index contributed by atoms with van der Waals surface area (Å²) in [7, 11) is 0. The molecule has 2 aromatic carbocycles. The Morgan fingerprint density at radius 1 is 1.07 bits per heavy atom. The fraction of sp³-hybridized carbons (Fsp3) is 0.100. The number of hydrogen-bond donors (Lipinski definition) is 1. The summed E-state index contributed by atoms with van der Waals surface area (Å²) in [6, 6.07) is 21.0. The Balaban J connectivity index is 1.40. The fourth-order valence-electron chi connectivity index (χ4n) is 4.45. The fourth-order valence-corrected chi connectivity index (χ4v) is 6.36. The quantitative estimate of drug-likeness (QED) is 0.263. The highest BCUT2D eigenvalue weighted by atomic mass is 35.5. The van der Waals surface area contributed by atoms with Crippen molar-refractivity contribution in [2.24, 2.45) is 4.99 Å². The first-order valence-electron chi connectivity index (χ1n) is 12.6. The average Bonchev–Trinajstić information content (AvgIpc) is 3.52. The number of hydrogen-bond acceptors (Lipinski definition) is 8. The molecular weight excluding hydrogens is 578 g/mol. The summed E-state index contributed by atoms with van der Waals surface area (Å²) in [5.74, 6) is 0.170. The summed E-state index contributed by atoms with van der Waals surface area (Å²) in [5, 5.41) is 4.68. The number of halogens is 1. The number of amides is 1. The van der Waals surface area contributed by atoms with Gasteiger partial charge in [0.2, 0.25) is 0 Å². The van der Waals surface area contributed by atoms with E-state index < -0.39 is 6.04 Å². The van der Waals surface area contributed by atoms with Gasteiger partial charge >= 0.3 is 0 Å². The first-order chi connectivity index (χ1) is 19.9. The van der Waals surface area contributed by atoms with E-state index >= 15 is 0 Å². The lowest BCUT2D eigenvalue weighted by Crippen LogP contribution is -2.40. The summed E-state index contributed by atoms with van der Waals surface area (Å²) in [5.41, 5.74) is 2.87. The summed E-state index contributed by atoms with van der Waals surface area (Å²) in [6.45, 7) is 3.68. The molecule has 8 nitrogen and oxygen atoms in total. The van der Waals surface area contributed by atoms with Crippen LogP contribution in [-0.2, 0) is 4.79 Å². The average molecular weight is 600 g/mol. The van der Waals surface area contributed by atoms with Crippen LogP contribution in [-0.4, -0.2) is 20.4 Å². The lowest BCUT2D eigenvalue weighted by molar-refractivity contribution is -0.113. The number of nitrogens with zero attached hydrogens (tertiary/aromatic N) is 4. The number of nitrogens with one attached hydrogen (secondary N) is 1. The number of aromatic nitrogens is 3. The smallest absolute Gasteiger partial charge is 0.271 e. The molecule has 1 aliphatic rings. The van der Waals surface area contributed by atoms with E-state index in [4.69, 9.17) is 16.0 Å². The molecule has 0 bridgehead atoms. The Morgan fingerprint density at radius 2 is 1.85 bits per heavy atom. The van der Waals surface area contributed by atoms with Gasteiger partial charge in [0, 0.05) is 28.7 Å². The molecule has 0 unspecified atom stereocenters. The van der Waals surface area contributed by atoms with E-state index in [0.717, 1.165) is 11.3 Å². The molecule has 5 aromatic rings. The van der Waals surface area contributed by atoms with Gasteiger partial charge in [-0.3, -0.25) is 14.2 Å². The molecule has 1 aliphatic heterocycles. The summed E-state index contributed by atoms with van der Waals surface area (Å²) >= 11 is 8.71. The van der Waals surface area contributed by atoms with Gasteiger partial charge in [-0.1, -0.05) is 53.3 Å². The van der Waals surface area contributed by atoms with Gasteiger partial charge in [0.05, 0.1) is 21.8 Å². The lowest BCUT2D eigenvalue weighted by Gasteiger charge is -2.25. The Hall–Kier alpha value is -4.25. The minimum atomic E-state index is -0.699. The Labute approximate surface area is 247 Å². The number of fused-ring (bicyclic) bond motifs is 1. The molecule has 0 radical (unpaired) electrons. The molecule has 11 heteroatoms. The Morgan fingerprint density at radius 3 is 2.61 bits per heavy atom. The number of para-hydroxylation sites is 1. The number of benzene rings is 2. The SMILES string of the molecule is CC1=C(C(=O)Nc2ccccc2)[C@H](c2ccc(Cl)cc2)n2c(s/c(=C/c3ccc(Sc4nccc(C)n4)o3)c2=O)=N1. The molecule has 6 rings (SSSR count). The number of thiazole rings is 1. The largest absolute Gasteiger partial charge is 0.450 e. The maximum atomic E-state index is 13.9. The number of anilines is 1. The van der Waals surface area contributed by atoms with Crippen molar-refractivity contribution in [3.8, 4) is 0 Å². The monoisotopic (exact) mass is 599 g/mol. The summed E-state index contributed by atoms with van der Waals surface area (Å²) < 4.78 is 7.95. The Bertz CT molecular complexity index is 1980. The highest BCUT2D eigenvalue weighted by Crippen LogP contribution is 2.31. The number of carbonyl (C=O) groups is 1. The van der Waals surface area contributed by atoms with Crippen molar-refractivity contribution in [1.82, 2.24) is 14.5 Å². The Kier molecular flexibility index (Phi) is 7.44. The van der Waals surface area contributed by atoms with Crippen LogP contribution in [0, 0.1) is 6.92 Å². The molecule has 0 fully saturated rings. The zero-order valence-electron chi connectivity index (χ0n) is 21.9. The van der Waals surface area contributed by atoms with E-state index in [1.54, 1.807) is 54.1 Å². The highest BCUT2D eigenvalue weighted by molar-refractivity contribution is 7.99. The van der Waals surface area contributed by atoms with Crippen LogP contribution >= 0.6 is 34.7 Å². The van der Waals surface area contributed by atoms with Crippen LogP contribution in [0.5, 0.6) is 0 Å². The first kappa shape index (κ1) is 26.9. The van der Waals surface area contributed by atoms with Crippen LogP contribution in [0.2, 0.25) is 5.02 Å². The summed E-state index contributed by atoms with van der Waals surface area (Å²) in [4.78, 5) is 41.3. The van der Waals surface area contributed by atoms with E-state index in [1.165, 1.54) is 23.1 Å². The van der Waals surface area contributed by atoms with Crippen LogP contribution in [0.15, 0.2) is 115 Å². The van der Waals surface area contributed by atoms with Gasteiger partial charge in [-0.2, -0.15) is 0 Å². The molecule has 41 heavy (non-hydrogen) atoms. The van der Waals surface area contributed by atoms with E-state index in [-0.39, 0.29) is 11.5 Å². The zero-order valence-corrected chi connectivity index (χ0v) is 24.3. The van der Waals surface area contributed by atoms with Crippen LogP contribution in [0.3, 0.4) is 0 Å². The molecule has 0 spiro atoms. The second-order valence-electron chi connectivity index (χ2n) is 9.19. The molecule has 0 saturated heterocycles. The number of allylic oxidation sites excluding steroid dienone is 1. The molecule has 0 aliphatic carbocycles. The molecule has 1 amide bonds. The lowest BCUT2D eigenvalue weighted by atomic mass is 9.95. The minimum Gasteiger partial charge on any atom is -0.450 e. The predicted molar refractivity (Wildman–Crippen MR) is 160 cm³/mol. The van der Waals surface area contributed by atoms with E-state index in [9.17, 15) is 9.59 Å². The van der Waals surface area contributed by atoms with Gasteiger partial charge in [0.15, 0.2) is 15.1 Å². The molecule has 1 N–H and O–H groups in total. The van der Waals surface area contributed by atoms with Crippen LogP contribution in [0.4, 0.5) is 5.69 Å². The first-order valence-corrected chi connectivity index (χ1v) is 14.6. The van der Waals surface area contributed by atoms with Crippen molar-refractivity contribution in [1.29, 1.82) is 0 Å². The van der Waals surface area contributed by atoms with Crippen LogP contribution < -0.4 is 20.2 Å². The molecule has 4 heterocycles. The third kappa shape index (κ3) is 5.67. The molecule has 3 aromatic heterocycles. The van der Waals surface area contributed by atoms with Crippen LogP contribution in [0.1, 0.15) is 30.0 Å². The van der Waals surface area contributed by atoms with Gasteiger partial charge in [-0.05, 0) is 73.6 Å². The van der Waals surface area contributed by atoms with Crippen molar-refractivity contribution in [2.45, 2.75) is 30.1 Å². The predicted octanol–water partition coefficient (Wildman–Crippen LogP) is 5.37. The second kappa shape index (κ2) is 11.3. The number of rotatable bonds is 6. The van der Waals surface area contributed by atoms with Crippen molar-refractivity contribution in [3.05, 3.63) is 132 Å². The molecular formula is C30H22ClN5O3S2. The zero-order chi connectivity index (χ0) is 28.5. The minimum absolute atomic E-state index is 0.279. The van der Waals surface area contributed by atoms with Gasteiger partial charge in [0.1, 0.15) is 5.76 Å². The molecule has 0 saturated carbocycles. The topological polar surface area (TPSA) is 102 Å². The maximum absolute atomic E-state index is 13.9. The second-order valence-corrected chi connectivity index (χ2v) is 11.6. The van der Waals surface area contributed by atoms with E-state index in [0.29, 0.717) is 47.3 Å². The van der Waals surface area contributed by atoms with Gasteiger partial charge < -0.3 is 9.73 Å². The van der Waals surface area contributed by atoms with E-state index in [1.807, 2.05) is 49.4 Å². The van der Waals surface area contributed by atoms with Crippen molar-refractivity contribution >= 4 is 52.4 Å². The normalized spacial score (nSPS) is 15.0. The number of furan rings is 1. The van der Waals surface area contributed by atoms with Crippen molar-refractivity contribution in [2.75, 3.05) is 5.32 Å². The highest BCUT2D eigenvalue weighted by Gasteiger charge is 2.32. The standard InChI is InChI=1S/C30H22ClN5O3S2/c1-17-14-15-32-29(33-17)41-24-13-12-22(39-24)16-23-28(38)36-26(19-8-10-20(31)11-9-19)25(18(2)34-30(36)40-23)27(37)35-21-6-4-3-5-7-21/h3-16,26H,1-2H3,(H,35,37)/b23-16+/t26-/m0/s1. The van der Waals surface area contributed by atoms with Gasteiger partial charge in [-0.25, -0.2) is 15.0 Å². The molecule has 204 valence electrons.